The minimum absolute atomic E-state index is 0.616. The first-order valence-electron chi connectivity index (χ1n) is 4.72. The maximum atomic E-state index is 10.1. The number of aromatic nitrogens is 1. The van der Waals surface area contributed by atoms with E-state index < -0.39 is 6.10 Å². The molecule has 0 saturated carbocycles. The Morgan fingerprint density at radius 3 is 2.38 bits per heavy atom. The van der Waals surface area contributed by atoms with Crippen molar-refractivity contribution < 1.29 is 5.11 Å². The number of aliphatic hydroxyl groups excluding tert-OH is 1. The van der Waals surface area contributed by atoms with Gasteiger partial charge in [-0.3, -0.25) is 4.98 Å². The van der Waals surface area contributed by atoms with Crippen LogP contribution in [0.25, 0.3) is 0 Å². The molecule has 1 unspecified atom stereocenters. The molecule has 0 aliphatic carbocycles. The molecule has 0 saturated heterocycles. The molecule has 2 rings (SSSR count). The summed E-state index contributed by atoms with van der Waals surface area (Å²) < 4.78 is 0.888. The summed E-state index contributed by atoms with van der Waals surface area (Å²) >= 11 is 9.08. The molecule has 0 radical (unpaired) electrons. The summed E-state index contributed by atoms with van der Waals surface area (Å²) in [6.45, 7) is 0. The van der Waals surface area contributed by atoms with Crippen LogP contribution in [0.1, 0.15) is 17.4 Å². The van der Waals surface area contributed by atoms with Gasteiger partial charge in [0.15, 0.2) is 0 Å². The van der Waals surface area contributed by atoms with Crippen LogP contribution in [0.2, 0.25) is 5.02 Å². The molecular formula is C12H9BrClNO. The van der Waals surface area contributed by atoms with E-state index in [-0.39, 0.29) is 0 Å². The van der Waals surface area contributed by atoms with Gasteiger partial charge in [-0.2, -0.15) is 0 Å². The van der Waals surface area contributed by atoms with Crippen molar-refractivity contribution in [2.75, 3.05) is 0 Å². The van der Waals surface area contributed by atoms with Crippen molar-refractivity contribution >= 4 is 27.5 Å². The quantitative estimate of drug-likeness (QED) is 0.919. The Labute approximate surface area is 107 Å². The summed E-state index contributed by atoms with van der Waals surface area (Å²) in [7, 11) is 0. The number of pyridine rings is 1. The van der Waals surface area contributed by atoms with Gasteiger partial charge in [-0.1, -0.05) is 23.7 Å². The van der Waals surface area contributed by atoms with E-state index in [9.17, 15) is 5.11 Å². The van der Waals surface area contributed by atoms with Gasteiger partial charge in [0.1, 0.15) is 6.10 Å². The Hall–Kier alpha value is -0.900. The van der Waals surface area contributed by atoms with Gasteiger partial charge in [0.05, 0.1) is 5.69 Å². The molecule has 1 aromatic carbocycles. The standard InChI is InChI=1S/C12H9BrClNO/c13-9-3-6-11(15-7-9)12(16)8-1-4-10(14)5-2-8/h1-7,12,16H. The average Bonchev–Trinajstić information content (AvgIpc) is 2.30. The predicted molar refractivity (Wildman–Crippen MR) is 67.5 cm³/mol. The summed E-state index contributed by atoms with van der Waals surface area (Å²) in [5.74, 6) is 0. The normalized spacial score (nSPS) is 12.4. The fourth-order valence-corrected chi connectivity index (χ4v) is 1.73. The van der Waals surface area contributed by atoms with Crippen molar-refractivity contribution in [2.24, 2.45) is 0 Å². The fourth-order valence-electron chi connectivity index (χ4n) is 1.36. The zero-order valence-corrected chi connectivity index (χ0v) is 10.6. The molecule has 1 aromatic heterocycles. The largest absolute Gasteiger partial charge is 0.382 e. The van der Waals surface area contributed by atoms with Crippen molar-refractivity contribution in [3.8, 4) is 0 Å². The highest BCUT2D eigenvalue weighted by Gasteiger charge is 2.11. The second-order valence-corrected chi connectivity index (χ2v) is 4.71. The highest BCUT2D eigenvalue weighted by Crippen LogP contribution is 2.22. The van der Waals surface area contributed by atoms with Crippen molar-refractivity contribution in [1.82, 2.24) is 4.98 Å². The van der Waals surface area contributed by atoms with Crippen LogP contribution < -0.4 is 0 Å². The first kappa shape index (κ1) is 11.6. The van der Waals surface area contributed by atoms with Gasteiger partial charge in [0.25, 0.3) is 0 Å². The number of hydrogen-bond donors (Lipinski definition) is 1. The van der Waals surface area contributed by atoms with Crippen LogP contribution in [0.15, 0.2) is 47.1 Å². The van der Waals surface area contributed by atoms with Gasteiger partial charge >= 0.3 is 0 Å². The zero-order valence-electron chi connectivity index (χ0n) is 8.27. The molecule has 0 aliphatic rings. The lowest BCUT2D eigenvalue weighted by Crippen LogP contribution is -2.01. The Morgan fingerprint density at radius 1 is 1.12 bits per heavy atom. The van der Waals surface area contributed by atoms with E-state index in [4.69, 9.17) is 11.6 Å². The zero-order chi connectivity index (χ0) is 11.5. The molecule has 0 spiro atoms. The molecule has 82 valence electrons. The van der Waals surface area contributed by atoms with Gasteiger partial charge < -0.3 is 5.11 Å². The Bertz CT molecular complexity index is 424. The number of benzene rings is 1. The first-order valence-corrected chi connectivity index (χ1v) is 5.89. The lowest BCUT2D eigenvalue weighted by Gasteiger charge is -2.10. The third kappa shape index (κ3) is 2.61. The molecule has 1 N–H and O–H groups in total. The topological polar surface area (TPSA) is 33.1 Å². The molecule has 2 aromatic rings. The molecule has 0 fully saturated rings. The highest BCUT2D eigenvalue weighted by atomic mass is 79.9. The predicted octanol–water partition coefficient (Wildman–Crippen LogP) is 3.58. The second kappa shape index (κ2) is 4.95. The van der Waals surface area contributed by atoms with Crippen LogP contribution in [0.3, 0.4) is 0 Å². The third-order valence-electron chi connectivity index (χ3n) is 2.22. The number of halogens is 2. The molecule has 0 bridgehead atoms. The van der Waals surface area contributed by atoms with Crippen LogP contribution in [0.4, 0.5) is 0 Å². The summed E-state index contributed by atoms with van der Waals surface area (Å²) in [4.78, 5) is 4.15. The fraction of sp³-hybridized carbons (Fsp3) is 0.0833. The maximum absolute atomic E-state index is 10.1. The molecule has 1 atom stereocenters. The molecule has 1 heterocycles. The Balaban J connectivity index is 2.28. The number of hydrogen-bond acceptors (Lipinski definition) is 2. The smallest absolute Gasteiger partial charge is 0.121 e. The van der Waals surface area contributed by atoms with Crippen molar-refractivity contribution in [2.45, 2.75) is 6.10 Å². The summed E-state index contributed by atoms with van der Waals surface area (Å²) in [6, 6.07) is 10.7. The van der Waals surface area contributed by atoms with E-state index in [2.05, 4.69) is 20.9 Å². The molecule has 0 aliphatic heterocycles. The third-order valence-corrected chi connectivity index (χ3v) is 2.94. The first-order chi connectivity index (χ1) is 7.66. The van der Waals surface area contributed by atoms with E-state index >= 15 is 0 Å². The average molecular weight is 299 g/mol. The molecular weight excluding hydrogens is 289 g/mol. The molecule has 4 heteroatoms. The Morgan fingerprint density at radius 2 is 1.81 bits per heavy atom. The Kier molecular flexibility index (Phi) is 3.59. The van der Waals surface area contributed by atoms with Crippen LogP contribution in [0, 0.1) is 0 Å². The van der Waals surface area contributed by atoms with Crippen LogP contribution in [-0.4, -0.2) is 10.1 Å². The van der Waals surface area contributed by atoms with Gasteiger partial charge in [-0.25, -0.2) is 0 Å². The lowest BCUT2D eigenvalue weighted by atomic mass is 10.1. The minimum atomic E-state index is -0.717. The maximum Gasteiger partial charge on any atom is 0.121 e. The van der Waals surface area contributed by atoms with Gasteiger partial charge in [-0.05, 0) is 45.8 Å². The summed E-state index contributed by atoms with van der Waals surface area (Å²) in [5, 5.41) is 10.7. The monoisotopic (exact) mass is 297 g/mol. The highest BCUT2D eigenvalue weighted by molar-refractivity contribution is 9.10. The van der Waals surface area contributed by atoms with Gasteiger partial charge in [-0.15, -0.1) is 0 Å². The van der Waals surface area contributed by atoms with Crippen molar-refractivity contribution in [1.29, 1.82) is 0 Å². The SMILES string of the molecule is OC(c1ccc(Cl)cc1)c1ccc(Br)cn1. The van der Waals surface area contributed by atoms with Crippen LogP contribution in [-0.2, 0) is 0 Å². The van der Waals surface area contributed by atoms with E-state index in [0.29, 0.717) is 10.7 Å². The second-order valence-electron chi connectivity index (χ2n) is 3.36. The van der Waals surface area contributed by atoms with Gasteiger partial charge in [0.2, 0.25) is 0 Å². The minimum Gasteiger partial charge on any atom is -0.382 e. The number of aliphatic hydroxyl groups is 1. The van der Waals surface area contributed by atoms with Crippen LogP contribution >= 0.6 is 27.5 Å². The van der Waals surface area contributed by atoms with E-state index in [1.807, 2.05) is 6.07 Å². The van der Waals surface area contributed by atoms with Gasteiger partial charge in [0, 0.05) is 15.7 Å². The van der Waals surface area contributed by atoms with E-state index in [0.717, 1.165) is 10.0 Å². The van der Waals surface area contributed by atoms with E-state index in [1.54, 1.807) is 36.5 Å². The summed E-state index contributed by atoms with van der Waals surface area (Å²) in [6.07, 6.45) is 0.944. The number of rotatable bonds is 2. The van der Waals surface area contributed by atoms with Crippen molar-refractivity contribution in [3.63, 3.8) is 0 Å². The molecule has 16 heavy (non-hydrogen) atoms. The molecule has 0 amide bonds. The lowest BCUT2D eigenvalue weighted by molar-refractivity contribution is 0.215. The number of nitrogens with zero attached hydrogens (tertiary/aromatic N) is 1. The summed E-state index contributed by atoms with van der Waals surface area (Å²) in [5.41, 5.74) is 1.39. The van der Waals surface area contributed by atoms with Crippen molar-refractivity contribution in [3.05, 3.63) is 63.3 Å². The van der Waals surface area contributed by atoms with Crippen LogP contribution in [0.5, 0.6) is 0 Å². The molecule has 2 nitrogen and oxygen atoms in total. The van der Waals surface area contributed by atoms with E-state index in [1.165, 1.54) is 0 Å².